The third-order valence-electron chi connectivity index (χ3n) is 4.60. The van der Waals surface area contributed by atoms with Crippen LogP contribution < -0.4 is 5.32 Å². The largest absolute Gasteiger partial charge is 0.318 e. The van der Waals surface area contributed by atoms with Crippen molar-refractivity contribution in [2.45, 2.75) is 31.3 Å². The van der Waals surface area contributed by atoms with Crippen molar-refractivity contribution < 1.29 is 9.59 Å². The summed E-state index contributed by atoms with van der Waals surface area (Å²) >= 11 is 8.86. The van der Waals surface area contributed by atoms with Gasteiger partial charge in [0.25, 0.3) is 11.1 Å². The molecule has 0 saturated carbocycles. The lowest BCUT2D eigenvalue weighted by atomic mass is 9.85. The second-order valence-electron chi connectivity index (χ2n) is 6.31. The molecule has 4 unspecified atom stereocenters. The van der Waals surface area contributed by atoms with Crippen molar-refractivity contribution in [3.05, 3.63) is 45.9 Å². The maximum atomic E-state index is 12.0. The summed E-state index contributed by atoms with van der Waals surface area (Å²) in [6.45, 7) is 4.13. The van der Waals surface area contributed by atoms with Crippen molar-refractivity contribution in [1.29, 1.82) is 0 Å². The Balaban J connectivity index is 1.71. The second kappa shape index (κ2) is 6.37. The molecule has 2 amide bonds. The summed E-state index contributed by atoms with van der Waals surface area (Å²) in [5.41, 5.74) is 2.25. The Morgan fingerprint density at radius 1 is 1.36 bits per heavy atom. The van der Waals surface area contributed by atoms with Gasteiger partial charge in [-0.05, 0) is 47.2 Å². The number of hydrogen-bond donors (Lipinski definition) is 1. The van der Waals surface area contributed by atoms with Crippen molar-refractivity contribution in [3.63, 3.8) is 0 Å². The van der Waals surface area contributed by atoms with E-state index in [0.717, 1.165) is 28.1 Å². The maximum absolute atomic E-state index is 12.0. The highest BCUT2D eigenvalue weighted by Crippen LogP contribution is 2.40. The molecule has 0 aromatic carbocycles. The van der Waals surface area contributed by atoms with E-state index in [4.69, 9.17) is 16.6 Å². The molecule has 1 fully saturated rings. The molecule has 3 heterocycles. The molecule has 4 aliphatic rings. The number of halogens is 1. The van der Waals surface area contributed by atoms with E-state index in [1.807, 2.05) is 24.6 Å². The third kappa shape index (κ3) is 2.98. The summed E-state index contributed by atoms with van der Waals surface area (Å²) in [7, 11) is 0. The van der Waals surface area contributed by atoms with Crippen molar-refractivity contribution in [1.82, 2.24) is 10.2 Å². The van der Waals surface area contributed by atoms with Gasteiger partial charge >= 0.3 is 0 Å². The first-order valence-corrected chi connectivity index (χ1v) is 10.1. The van der Waals surface area contributed by atoms with Crippen LogP contribution in [0.4, 0.5) is 4.79 Å². The van der Waals surface area contributed by atoms with Crippen molar-refractivity contribution >= 4 is 51.4 Å². The monoisotopic (exact) mass is 393 g/mol. The minimum Gasteiger partial charge on any atom is -0.318 e. The lowest BCUT2D eigenvalue weighted by Crippen LogP contribution is -2.35. The lowest BCUT2D eigenvalue weighted by Gasteiger charge is -2.28. The Labute approximate surface area is 159 Å². The molecule has 1 N–H and O–H groups in total. The summed E-state index contributed by atoms with van der Waals surface area (Å²) < 4.78 is 0. The summed E-state index contributed by atoms with van der Waals surface area (Å²) in [6.07, 6.45) is 8.07. The van der Waals surface area contributed by atoms with Crippen molar-refractivity contribution in [3.8, 4) is 0 Å². The molecule has 8 heteroatoms. The van der Waals surface area contributed by atoms with E-state index in [9.17, 15) is 9.59 Å². The Bertz CT molecular complexity index is 815. The average molecular weight is 394 g/mol. The number of hydrogen-bond acceptors (Lipinski definition) is 6. The molecule has 0 aromatic rings. The molecule has 5 nitrogen and oxygen atoms in total. The Hall–Kier alpha value is -1.44. The van der Waals surface area contributed by atoms with Crippen LogP contribution in [0.5, 0.6) is 0 Å². The molecule has 4 rings (SSSR count). The van der Waals surface area contributed by atoms with E-state index in [0.29, 0.717) is 4.91 Å². The van der Waals surface area contributed by atoms with Crippen LogP contribution in [0.25, 0.3) is 0 Å². The number of aliphatic imine (C=N–C) groups is 1. The van der Waals surface area contributed by atoms with Crippen LogP contribution in [0.1, 0.15) is 13.8 Å². The first-order valence-electron chi connectivity index (χ1n) is 7.93. The number of carbonyl (C=O) groups is 2. The SMILES string of the molecule is CC1=CC(Cl)C(C)C=C1C1N=C2SC=CN2C1/C=C1\SC(=O)NC1=O. The summed E-state index contributed by atoms with van der Waals surface area (Å²) in [6, 6.07) is -0.249. The van der Waals surface area contributed by atoms with Crippen LogP contribution >= 0.6 is 35.1 Å². The molecule has 130 valence electrons. The molecular weight excluding hydrogens is 378 g/mol. The Kier molecular flexibility index (Phi) is 4.33. The summed E-state index contributed by atoms with van der Waals surface area (Å²) in [5, 5.41) is 4.85. The number of amidine groups is 1. The quantitative estimate of drug-likeness (QED) is 0.573. The zero-order valence-electron chi connectivity index (χ0n) is 13.6. The number of alkyl halides is 1. The third-order valence-corrected chi connectivity index (χ3v) is 6.74. The number of rotatable bonds is 2. The smallest absolute Gasteiger partial charge is 0.290 e. The van der Waals surface area contributed by atoms with E-state index in [2.05, 4.69) is 29.3 Å². The van der Waals surface area contributed by atoms with Gasteiger partial charge in [-0.15, -0.1) is 11.6 Å². The van der Waals surface area contributed by atoms with Crippen LogP contribution in [-0.2, 0) is 4.79 Å². The van der Waals surface area contributed by atoms with Gasteiger partial charge < -0.3 is 4.90 Å². The second-order valence-corrected chi connectivity index (χ2v) is 8.70. The zero-order valence-corrected chi connectivity index (χ0v) is 16.0. The summed E-state index contributed by atoms with van der Waals surface area (Å²) in [4.78, 5) is 30.8. The Morgan fingerprint density at radius 3 is 2.88 bits per heavy atom. The molecular formula is C17H16ClN3O2S2. The normalized spacial score (nSPS) is 35.7. The highest BCUT2D eigenvalue weighted by molar-refractivity contribution is 8.18. The number of thioether (sulfide) groups is 2. The van der Waals surface area contributed by atoms with E-state index in [-0.39, 0.29) is 34.5 Å². The van der Waals surface area contributed by atoms with E-state index in [1.54, 1.807) is 11.8 Å². The van der Waals surface area contributed by atoms with Crippen LogP contribution in [0.3, 0.4) is 0 Å². The number of amides is 2. The highest BCUT2D eigenvalue weighted by Gasteiger charge is 2.40. The molecule has 0 spiro atoms. The number of nitrogens with one attached hydrogen (secondary N) is 1. The fraction of sp³-hybridized carbons (Fsp3) is 0.353. The number of fused-ring (bicyclic) bond motifs is 1. The topological polar surface area (TPSA) is 61.8 Å². The first-order chi connectivity index (χ1) is 11.9. The molecule has 1 aliphatic carbocycles. The highest BCUT2D eigenvalue weighted by atomic mass is 35.5. The first kappa shape index (κ1) is 17.0. The summed E-state index contributed by atoms with van der Waals surface area (Å²) in [5.74, 6) is -0.115. The fourth-order valence-electron chi connectivity index (χ4n) is 3.29. The van der Waals surface area contributed by atoms with Crippen LogP contribution in [-0.4, -0.2) is 38.7 Å². The van der Waals surface area contributed by atoms with Gasteiger partial charge in [-0.1, -0.05) is 30.8 Å². The van der Waals surface area contributed by atoms with Crippen LogP contribution in [0.15, 0.2) is 50.9 Å². The van der Waals surface area contributed by atoms with Gasteiger partial charge in [0, 0.05) is 6.20 Å². The standard InChI is InChI=1S/C17H16ClN3O2S2/c1-8-6-11(18)9(2)5-10(8)14-12(21-3-4-24-16(21)19-14)7-13-15(22)20-17(23)25-13/h3-7,9,11-12,14H,1-2H3,(H,20,22,23)/b13-7-. The van der Waals surface area contributed by atoms with Gasteiger partial charge in [0.1, 0.15) is 6.04 Å². The van der Waals surface area contributed by atoms with E-state index in [1.165, 1.54) is 0 Å². The molecule has 0 radical (unpaired) electrons. The number of nitrogens with zero attached hydrogens (tertiary/aromatic N) is 2. The van der Waals surface area contributed by atoms with Crippen molar-refractivity contribution in [2.75, 3.05) is 0 Å². The molecule has 0 bridgehead atoms. The number of carbonyl (C=O) groups excluding carboxylic acids is 2. The maximum Gasteiger partial charge on any atom is 0.290 e. The zero-order chi connectivity index (χ0) is 17.7. The van der Waals surface area contributed by atoms with Gasteiger partial charge in [0.2, 0.25) is 0 Å². The number of allylic oxidation sites excluding steroid dienone is 2. The van der Waals surface area contributed by atoms with E-state index >= 15 is 0 Å². The molecule has 1 saturated heterocycles. The predicted molar refractivity (Wildman–Crippen MR) is 103 cm³/mol. The van der Waals surface area contributed by atoms with Gasteiger partial charge in [-0.3, -0.25) is 19.9 Å². The van der Waals surface area contributed by atoms with Crippen LogP contribution in [0, 0.1) is 5.92 Å². The fourth-order valence-corrected chi connectivity index (χ4v) is 5.04. The number of imide groups is 1. The lowest BCUT2D eigenvalue weighted by molar-refractivity contribution is -0.115. The molecule has 4 atom stereocenters. The van der Waals surface area contributed by atoms with Crippen molar-refractivity contribution in [2.24, 2.45) is 10.9 Å². The van der Waals surface area contributed by atoms with Gasteiger partial charge in [0.05, 0.1) is 16.3 Å². The minimum atomic E-state index is -0.336. The predicted octanol–water partition coefficient (Wildman–Crippen LogP) is 3.61. The minimum absolute atomic E-state index is 0.0162. The van der Waals surface area contributed by atoms with Gasteiger partial charge in [-0.25, -0.2) is 0 Å². The Morgan fingerprint density at radius 2 is 2.16 bits per heavy atom. The molecule has 0 aromatic heterocycles. The van der Waals surface area contributed by atoms with Gasteiger partial charge in [-0.2, -0.15) is 0 Å². The average Bonchev–Trinajstić information content (AvgIpc) is 3.20. The molecule has 25 heavy (non-hydrogen) atoms. The van der Waals surface area contributed by atoms with E-state index < -0.39 is 0 Å². The van der Waals surface area contributed by atoms with Gasteiger partial charge in [0.15, 0.2) is 5.17 Å². The molecule has 3 aliphatic heterocycles. The van der Waals surface area contributed by atoms with Crippen LogP contribution in [0.2, 0.25) is 0 Å².